The summed E-state index contributed by atoms with van der Waals surface area (Å²) in [6.07, 6.45) is 4.43. The molecule has 4 rings (SSSR count). The van der Waals surface area contributed by atoms with E-state index in [0.29, 0.717) is 15.7 Å². The average Bonchev–Trinajstić information content (AvgIpc) is 2.89. The largest absolute Gasteiger partial charge is 0.322 e. The van der Waals surface area contributed by atoms with Gasteiger partial charge in [-0.15, -0.1) is 0 Å². The minimum absolute atomic E-state index is 0.00308. The van der Waals surface area contributed by atoms with Crippen molar-refractivity contribution in [2.24, 2.45) is 7.05 Å². The quantitative estimate of drug-likeness (QED) is 0.816. The number of nitrogens with one attached hydrogen (secondary N) is 1. The Bertz CT molecular complexity index is 925. The number of carbonyl (C=O) groups excluding carboxylic acids is 1. The molecular weight excluding hydrogens is 361 g/mol. The first-order valence-electron chi connectivity index (χ1n) is 8.18. The Hall–Kier alpha value is -1.98. The van der Waals surface area contributed by atoms with E-state index in [4.69, 9.17) is 23.2 Å². The number of anilines is 1. The average molecular weight is 378 g/mol. The highest BCUT2D eigenvalue weighted by Gasteiger charge is 2.42. The summed E-state index contributed by atoms with van der Waals surface area (Å²) in [6.45, 7) is 0. The molecule has 1 fully saturated rings. The van der Waals surface area contributed by atoms with E-state index in [9.17, 15) is 9.59 Å². The van der Waals surface area contributed by atoms with Crippen LogP contribution in [-0.4, -0.2) is 21.5 Å². The van der Waals surface area contributed by atoms with Gasteiger partial charge in [-0.3, -0.25) is 4.79 Å². The van der Waals surface area contributed by atoms with E-state index in [0.717, 1.165) is 30.4 Å². The maximum Gasteiger partial charge on any atom is 0.322 e. The minimum atomic E-state index is -0.148. The summed E-state index contributed by atoms with van der Waals surface area (Å²) in [4.78, 5) is 26.6. The first-order chi connectivity index (χ1) is 11.9. The molecule has 0 spiro atoms. The number of pyridine rings is 1. The number of aromatic nitrogens is 1. The van der Waals surface area contributed by atoms with Crippen molar-refractivity contribution in [3.05, 3.63) is 62.0 Å². The number of fused-ring (bicyclic) bond motifs is 4. The third-order valence-corrected chi connectivity index (χ3v) is 5.81. The van der Waals surface area contributed by atoms with Crippen molar-refractivity contribution < 1.29 is 4.79 Å². The summed E-state index contributed by atoms with van der Waals surface area (Å²) >= 11 is 11.9. The van der Waals surface area contributed by atoms with Gasteiger partial charge in [0, 0.05) is 31.0 Å². The van der Waals surface area contributed by atoms with Crippen molar-refractivity contribution in [1.82, 2.24) is 9.47 Å². The van der Waals surface area contributed by atoms with Gasteiger partial charge in [-0.1, -0.05) is 23.2 Å². The van der Waals surface area contributed by atoms with Crippen LogP contribution < -0.4 is 10.9 Å². The predicted octanol–water partition coefficient (Wildman–Crippen LogP) is 3.99. The maximum atomic E-state index is 12.9. The highest BCUT2D eigenvalue weighted by molar-refractivity contribution is 6.42. The van der Waals surface area contributed by atoms with Gasteiger partial charge in [-0.05, 0) is 48.6 Å². The number of hydrogen-bond acceptors (Lipinski definition) is 2. The van der Waals surface area contributed by atoms with Crippen LogP contribution in [0.4, 0.5) is 10.5 Å². The zero-order valence-corrected chi connectivity index (χ0v) is 15.1. The van der Waals surface area contributed by atoms with Gasteiger partial charge in [0.15, 0.2) is 0 Å². The summed E-state index contributed by atoms with van der Waals surface area (Å²) in [7, 11) is 1.74. The Balaban J connectivity index is 1.62. The molecule has 3 heterocycles. The van der Waals surface area contributed by atoms with Crippen LogP contribution in [0.1, 0.15) is 30.0 Å². The number of urea groups is 1. The van der Waals surface area contributed by atoms with E-state index in [1.807, 2.05) is 11.1 Å². The van der Waals surface area contributed by atoms with Crippen LogP contribution in [-0.2, 0) is 13.5 Å². The van der Waals surface area contributed by atoms with Crippen LogP contribution in [0.3, 0.4) is 0 Å². The molecule has 1 aromatic heterocycles. The lowest BCUT2D eigenvalue weighted by molar-refractivity contribution is 0.179. The zero-order valence-electron chi connectivity index (χ0n) is 13.6. The van der Waals surface area contributed by atoms with Gasteiger partial charge in [0.25, 0.3) is 5.56 Å². The molecule has 2 amide bonds. The summed E-state index contributed by atoms with van der Waals surface area (Å²) in [5, 5.41) is 3.77. The second kappa shape index (κ2) is 6.07. The number of carbonyl (C=O) groups is 1. The molecule has 2 aromatic rings. The molecule has 2 bridgehead atoms. The van der Waals surface area contributed by atoms with Crippen LogP contribution in [0.2, 0.25) is 10.0 Å². The van der Waals surface area contributed by atoms with E-state index in [1.165, 1.54) is 0 Å². The van der Waals surface area contributed by atoms with Crippen molar-refractivity contribution >= 4 is 34.9 Å². The molecule has 2 aliphatic rings. The topological polar surface area (TPSA) is 54.3 Å². The summed E-state index contributed by atoms with van der Waals surface area (Å²) in [6, 6.07) is 6.71. The predicted molar refractivity (Wildman–Crippen MR) is 98.5 cm³/mol. The number of rotatable bonds is 1. The molecule has 0 radical (unpaired) electrons. The summed E-state index contributed by atoms with van der Waals surface area (Å²) in [5.74, 6) is 0. The Morgan fingerprint density at radius 1 is 1.20 bits per heavy atom. The molecular formula is C18H17Cl2N3O2. The maximum absolute atomic E-state index is 12.9. The van der Waals surface area contributed by atoms with Crippen molar-refractivity contribution in [2.45, 2.75) is 31.3 Å². The van der Waals surface area contributed by atoms with Gasteiger partial charge in [-0.25, -0.2) is 4.79 Å². The van der Waals surface area contributed by atoms with E-state index in [2.05, 4.69) is 5.32 Å². The Morgan fingerprint density at radius 2 is 2.00 bits per heavy atom. The SMILES string of the molecule is Cn1cc2c(cc1=O)CC1CCC2N1C(=O)Nc1ccc(Cl)c(Cl)c1. The summed E-state index contributed by atoms with van der Waals surface area (Å²) in [5.41, 5.74) is 2.74. The van der Waals surface area contributed by atoms with Crippen LogP contribution in [0.15, 0.2) is 35.3 Å². The van der Waals surface area contributed by atoms with Crippen molar-refractivity contribution in [2.75, 3.05) is 5.32 Å². The monoisotopic (exact) mass is 377 g/mol. The van der Waals surface area contributed by atoms with Crippen LogP contribution in [0.5, 0.6) is 0 Å². The standard InChI is InChI=1S/C18H17Cl2N3O2/c1-22-9-13-10(7-17(22)24)6-12-3-5-16(13)23(12)18(25)21-11-2-4-14(19)15(20)8-11/h2,4,7-9,12,16H,3,5-6H2,1H3,(H,21,25). The second-order valence-electron chi connectivity index (χ2n) is 6.62. The lowest BCUT2D eigenvalue weighted by Crippen LogP contribution is -2.44. The number of halogens is 2. The van der Waals surface area contributed by atoms with Crippen molar-refractivity contribution in [3.8, 4) is 0 Å². The van der Waals surface area contributed by atoms with E-state index in [1.54, 1.807) is 35.9 Å². The molecule has 0 saturated carbocycles. The molecule has 2 atom stereocenters. The van der Waals surface area contributed by atoms with Crippen LogP contribution >= 0.6 is 23.2 Å². The first-order valence-corrected chi connectivity index (χ1v) is 8.93. The Kier molecular flexibility index (Phi) is 4.01. The number of nitrogens with zero attached hydrogens (tertiary/aromatic N) is 2. The molecule has 1 aromatic carbocycles. The highest BCUT2D eigenvalue weighted by Crippen LogP contribution is 2.43. The van der Waals surface area contributed by atoms with E-state index in [-0.39, 0.29) is 23.7 Å². The summed E-state index contributed by atoms with van der Waals surface area (Å²) < 4.78 is 1.58. The van der Waals surface area contributed by atoms with Gasteiger partial charge in [0.1, 0.15) is 0 Å². The van der Waals surface area contributed by atoms with Crippen LogP contribution in [0, 0.1) is 0 Å². The molecule has 130 valence electrons. The van der Waals surface area contributed by atoms with Gasteiger partial charge in [0.05, 0.1) is 16.1 Å². The zero-order chi connectivity index (χ0) is 17.7. The van der Waals surface area contributed by atoms with E-state index >= 15 is 0 Å². The normalized spacial score (nSPS) is 21.2. The molecule has 2 unspecified atom stereocenters. The second-order valence-corrected chi connectivity index (χ2v) is 7.43. The molecule has 0 aliphatic carbocycles. The molecule has 1 N–H and O–H groups in total. The van der Waals surface area contributed by atoms with Crippen molar-refractivity contribution in [3.63, 3.8) is 0 Å². The third-order valence-electron chi connectivity index (χ3n) is 5.07. The van der Waals surface area contributed by atoms with E-state index < -0.39 is 0 Å². The highest BCUT2D eigenvalue weighted by atomic mass is 35.5. The number of amides is 2. The fraction of sp³-hybridized carbons (Fsp3) is 0.333. The molecule has 5 nitrogen and oxygen atoms in total. The van der Waals surface area contributed by atoms with Crippen LogP contribution in [0.25, 0.3) is 0 Å². The van der Waals surface area contributed by atoms with Crippen molar-refractivity contribution in [1.29, 1.82) is 0 Å². The third kappa shape index (κ3) is 2.81. The van der Waals surface area contributed by atoms with Gasteiger partial charge < -0.3 is 14.8 Å². The molecule has 25 heavy (non-hydrogen) atoms. The van der Waals surface area contributed by atoms with Gasteiger partial charge in [0.2, 0.25) is 0 Å². The smallest absolute Gasteiger partial charge is 0.318 e. The number of hydrogen-bond donors (Lipinski definition) is 1. The Labute approximate surface area is 155 Å². The fourth-order valence-electron chi connectivity index (χ4n) is 3.88. The van der Waals surface area contributed by atoms with Gasteiger partial charge in [-0.2, -0.15) is 0 Å². The minimum Gasteiger partial charge on any atom is -0.318 e. The lowest BCUT2D eigenvalue weighted by Gasteiger charge is -2.36. The lowest BCUT2D eigenvalue weighted by atomic mass is 9.95. The van der Waals surface area contributed by atoms with Gasteiger partial charge >= 0.3 is 6.03 Å². The Morgan fingerprint density at radius 3 is 2.76 bits per heavy atom. The first kappa shape index (κ1) is 16.5. The fourth-order valence-corrected chi connectivity index (χ4v) is 4.18. The number of aryl methyl sites for hydroxylation is 1. The molecule has 1 saturated heterocycles. The molecule has 2 aliphatic heterocycles. The molecule has 7 heteroatoms. The number of benzene rings is 1.